The Kier molecular flexibility index (Phi) is 4.81. The first-order valence-electron chi connectivity index (χ1n) is 8.98. The average molecular weight is 406 g/mol. The van der Waals surface area contributed by atoms with Crippen molar-refractivity contribution in [1.29, 1.82) is 0 Å². The lowest BCUT2D eigenvalue weighted by molar-refractivity contribution is -0.137. The zero-order valence-electron chi connectivity index (χ0n) is 15.2. The second kappa shape index (κ2) is 7.31. The summed E-state index contributed by atoms with van der Waals surface area (Å²) in [5.41, 5.74) is -0.140. The predicted octanol–water partition coefficient (Wildman–Crippen LogP) is 3.03. The molecule has 152 valence electrons. The van der Waals surface area contributed by atoms with Crippen molar-refractivity contribution in [3.63, 3.8) is 0 Å². The monoisotopic (exact) mass is 406 g/mol. The van der Waals surface area contributed by atoms with Crippen LogP contribution in [0.4, 0.5) is 13.2 Å². The first-order chi connectivity index (χ1) is 13.8. The van der Waals surface area contributed by atoms with Gasteiger partial charge in [-0.2, -0.15) is 13.2 Å². The Morgan fingerprint density at radius 3 is 1.86 bits per heavy atom. The van der Waals surface area contributed by atoms with Gasteiger partial charge in [0.15, 0.2) is 11.5 Å². The minimum atomic E-state index is -4.44. The van der Waals surface area contributed by atoms with Gasteiger partial charge in [0.2, 0.25) is 6.79 Å². The van der Waals surface area contributed by atoms with Crippen molar-refractivity contribution in [3.8, 4) is 11.5 Å². The molecule has 0 saturated carbocycles. The van der Waals surface area contributed by atoms with Crippen LogP contribution < -0.4 is 9.47 Å². The number of hydrogen-bond acceptors (Lipinski definition) is 4. The molecular formula is C20H17F3N2O4. The van der Waals surface area contributed by atoms with Crippen LogP contribution in [-0.4, -0.2) is 54.6 Å². The molecular weight excluding hydrogens is 389 g/mol. The smallest absolute Gasteiger partial charge is 0.416 e. The van der Waals surface area contributed by atoms with Crippen LogP contribution in [0.5, 0.6) is 11.5 Å². The summed E-state index contributed by atoms with van der Waals surface area (Å²) in [5.74, 6) is 0.583. The van der Waals surface area contributed by atoms with Crippen LogP contribution in [0.25, 0.3) is 0 Å². The lowest BCUT2D eigenvalue weighted by atomic mass is 10.1. The number of hydrogen-bond donors (Lipinski definition) is 0. The molecule has 2 heterocycles. The molecule has 0 bridgehead atoms. The first kappa shape index (κ1) is 19.1. The molecule has 0 aromatic heterocycles. The average Bonchev–Trinajstić information content (AvgIpc) is 3.20. The molecule has 4 rings (SSSR count). The van der Waals surface area contributed by atoms with Gasteiger partial charge in [0.25, 0.3) is 11.8 Å². The number of ether oxygens (including phenoxy) is 2. The molecule has 9 heteroatoms. The first-order valence-corrected chi connectivity index (χ1v) is 8.98. The zero-order valence-corrected chi connectivity index (χ0v) is 15.2. The summed E-state index contributed by atoms with van der Waals surface area (Å²) in [5, 5.41) is 0. The molecule has 0 radical (unpaired) electrons. The van der Waals surface area contributed by atoms with Crippen molar-refractivity contribution in [3.05, 3.63) is 59.2 Å². The molecule has 0 unspecified atom stereocenters. The maximum atomic E-state index is 12.7. The summed E-state index contributed by atoms with van der Waals surface area (Å²) >= 11 is 0. The Labute approximate surface area is 164 Å². The molecule has 1 fully saturated rings. The molecule has 1 saturated heterocycles. The van der Waals surface area contributed by atoms with E-state index in [2.05, 4.69) is 0 Å². The van der Waals surface area contributed by atoms with Gasteiger partial charge in [-0.15, -0.1) is 0 Å². The van der Waals surface area contributed by atoms with Crippen molar-refractivity contribution in [2.45, 2.75) is 6.18 Å². The highest BCUT2D eigenvalue weighted by Gasteiger charge is 2.31. The van der Waals surface area contributed by atoms with Gasteiger partial charge in [-0.1, -0.05) is 0 Å². The molecule has 29 heavy (non-hydrogen) atoms. The Morgan fingerprint density at radius 2 is 1.28 bits per heavy atom. The Bertz CT molecular complexity index is 936. The molecule has 0 atom stereocenters. The Morgan fingerprint density at radius 1 is 0.759 bits per heavy atom. The second-order valence-electron chi connectivity index (χ2n) is 6.73. The fourth-order valence-electron chi connectivity index (χ4n) is 3.31. The third-order valence-electron chi connectivity index (χ3n) is 4.93. The number of amides is 2. The number of benzene rings is 2. The molecule has 2 amide bonds. The SMILES string of the molecule is O=C(c1ccc(C(F)(F)F)cc1)N1CCN(C(=O)c2ccc3c(c2)OCO3)CC1. The van der Waals surface area contributed by atoms with Crippen molar-refractivity contribution < 1.29 is 32.2 Å². The van der Waals surface area contributed by atoms with Crippen LogP contribution >= 0.6 is 0 Å². The van der Waals surface area contributed by atoms with E-state index in [1.54, 1.807) is 23.1 Å². The molecule has 0 spiro atoms. The van der Waals surface area contributed by atoms with E-state index in [0.29, 0.717) is 43.2 Å². The van der Waals surface area contributed by atoms with Gasteiger partial charge in [-0.25, -0.2) is 0 Å². The largest absolute Gasteiger partial charge is 0.454 e. The topological polar surface area (TPSA) is 59.1 Å². The summed E-state index contributed by atoms with van der Waals surface area (Å²) in [6.45, 7) is 1.39. The summed E-state index contributed by atoms with van der Waals surface area (Å²) in [4.78, 5) is 28.4. The number of piperazine rings is 1. The number of carbonyl (C=O) groups is 2. The minimum Gasteiger partial charge on any atom is -0.454 e. The molecule has 6 nitrogen and oxygen atoms in total. The lowest BCUT2D eigenvalue weighted by Crippen LogP contribution is -2.50. The van der Waals surface area contributed by atoms with E-state index >= 15 is 0 Å². The predicted molar refractivity (Wildman–Crippen MR) is 95.8 cm³/mol. The van der Waals surface area contributed by atoms with Crippen molar-refractivity contribution in [2.75, 3.05) is 33.0 Å². The van der Waals surface area contributed by atoms with E-state index in [0.717, 1.165) is 12.1 Å². The molecule has 0 N–H and O–H groups in total. The number of rotatable bonds is 2. The van der Waals surface area contributed by atoms with Gasteiger partial charge in [0.1, 0.15) is 0 Å². The van der Waals surface area contributed by atoms with Gasteiger partial charge in [0.05, 0.1) is 5.56 Å². The summed E-state index contributed by atoms with van der Waals surface area (Å²) < 4.78 is 48.5. The van der Waals surface area contributed by atoms with E-state index in [1.807, 2.05) is 0 Å². The summed E-state index contributed by atoms with van der Waals surface area (Å²) in [6, 6.07) is 9.11. The third-order valence-corrected chi connectivity index (χ3v) is 4.93. The maximum Gasteiger partial charge on any atom is 0.416 e. The quantitative estimate of drug-likeness (QED) is 0.770. The highest BCUT2D eigenvalue weighted by atomic mass is 19.4. The molecule has 2 aromatic rings. The molecule has 2 aliphatic heterocycles. The Hall–Kier alpha value is -3.23. The molecule has 0 aliphatic carbocycles. The number of halogens is 3. The van der Waals surface area contributed by atoms with Gasteiger partial charge < -0.3 is 19.3 Å². The van der Waals surface area contributed by atoms with Gasteiger partial charge in [-0.05, 0) is 42.5 Å². The Balaban J connectivity index is 1.37. The van der Waals surface area contributed by atoms with Crippen LogP contribution in [0, 0.1) is 0 Å². The third kappa shape index (κ3) is 3.85. The zero-order chi connectivity index (χ0) is 20.6. The number of carbonyl (C=O) groups excluding carboxylic acids is 2. The highest BCUT2D eigenvalue weighted by molar-refractivity contribution is 5.96. The van der Waals surface area contributed by atoms with Gasteiger partial charge in [-0.3, -0.25) is 9.59 Å². The highest BCUT2D eigenvalue weighted by Crippen LogP contribution is 2.33. The molecule has 2 aliphatic rings. The van der Waals surface area contributed by atoms with E-state index in [4.69, 9.17) is 9.47 Å². The second-order valence-corrected chi connectivity index (χ2v) is 6.73. The fraction of sp³-hybridized carbons (Fsp3) is 0.300. The number of fused-ring (bicyclic) bond motifs is 1. The summed E-state index contributed by atoms with van der Waals surface area (Å²) in [6.07, 6.45) is -4.44. The normalized spacial score (nSPS) is 16.1. The van der Waals surface area contributed by atoms with Gasteiger partial charge in [0, 0.05) is 37.3 Å². The minimum absolute atomic E-state index is 0.123. The van der Waals surface area contributed by atoms with Crippen molar-refractivity contribution >= 4 is 11.8 Å². The molecule has 2 aromatic carbocycles. The van der Waals surface area contributed by atoms with Crippen molar-refractivity contribution in [2.24, 2.45) is 0 Å². The van der Waals surface area contributed by atoms with E-state index < -0.39 is 11.7 Å². The standard InChI is InChI=1S/C20H17F3N2O4/c21-20(22,23)15-4-1-13(2-5-15)18(26)24-7-9-25(10-8-24)19(27)14-3-6-16-17(11-14)29-12-28-16/h1-6,11H,7-10,12H2. The van der Waals surface area contributed by atoms with Gasteiger partial charge >= 0.3 is 6.18 Å². The van der Waals surface area contributed by atoms with E-state index in [-0.39, 0.29) is 24.2 Å². The number of alkyl halides is 3. The number of nitrogens with zero attached hydrogens (tertiary/aromatic N) is 2. The van der Waals surface area contributed by atoms with Crippen LogP contribution in [-0.2, 0) is 6.18 Å². The maximum absolute atomic E-state index is 12.7. The summed E-state index contributed by atoms with van der Waals surface area (Å²) in [7, 11) is 0. The van der Waals surface area contributed by atoms with E-state index in [1.165, 1.54) is 17.0 Å². The van der Waals surface area contributed by atoms with Crippen LogP contribution in [0.2, 0.25) is 0 Å². The van der Waals surface area contributed by atoms with Crippen molar-refractivity contribution in [1.82, 2.24) is 9.80 Å². The van der Waals surface area contributed by atoms with Crippen LogP contribution in [0.15, 0.2) is 42.5 Å². The van der Waals surface area contributed by atoms with Crippen LogP contribution in [0.1, 0.15) is 26.3 Å². The van der Waals surface area contributed by atoms with Crippen LogP contribution in [0.3, 0.4) is 0 Å². The van der Waals surface area contributed by atoms with E-state index in [9.17, 15) is 22.8 Å². The fourth-order valence-corrected chi connectivity index (χ4v) is 3.31. The lowest BCUT2D eigenvalue weighted by Gasteiger charge is -2.35.